The maximum atomic E-state index is 13.3. The molecule has 1 aromatic heterocycles. The van der Waals surface area contributed by atoms with Crippen molar-refractivity contribution in [2.45, 2.75) is 104 Å². The molecule has 0 aromatic carbocycles. The van der Waals surface area contributed by atoms with E-state index in [9.17, 15) is 19.8 Å². The predicted octanol–water partition coefficient (Wildman–Crippen LogP) is 5.48. The molecule has 1 saturated heterocycles. The normalized spacial score (nSPS) is 36.8. The van der Waals surface area contributed by atoms with Gasteiger partial charge in [-0.2, -0.15) is 0 Å². The number of Topliss-reactive ketones (excluding diaryl/α,β-unsaturated/α-hetero) is 2. The Kier molecular flexibility index (Phi) is 9.13. The summed E-state index contributed by atoms with van der Waals surface area (Å²) in [5, 5.41) is 24.7. The molecule has 3 rings (SSSR count). The van der Waals surface area contributed by atoms with Crippen molar-refractivity contribution in [1.82, 2.24) is 4.98 Å². The quantitative estimate of drug-likeness (QED) is 0.515. The van der Waals surface area contributed by atoms with Crippen molar-refractivity contribution in [2.24, 2.45) is 23.2 Å². The van der Waals surface area contributed by atoms with Crippen LogP contribution in [0.15, 0.2) is 17.5 Å². The molecule has 0 spiro atoms. The number of carbonyl (C=O) groups excluding carboxylic acids is 2. The van der Waals surface area contributed by atoms with Crippen LogP contribution >= 0.6 is 11.3 Å². The minimum Gasteiger partial charge on any atom is -0.392 e. The summed E-state index contributed by atoms with van der Waals surface area (Å²) in [6.45, 7) is 15.0. The SMILES string of the molecule is C=Cc1nc(/C=C(\C)[C@H]2CC(=O)CC(O)C(C)(C)C(=O)C(C)[C@@H](O)C(C)CCCC3(C)O[C@H]3C2)cs1. The van der Waals surface area contributed by atoms with E-state index in [4.69, 9.17) is 4.74 Å². The number of allylic oxidation sites excluding steroid dienone is 1. The summed E-state index contributed by atoms with van der Waals surface area (Å²) in [6, 6.07) is 0. The summed E-state index contributed by atoms with van der Waals surface area (Å²) < 4.78 is 6.14. The van der Waals surface area contributed by atoms with Gasteiger partial charge < -0.3 is 14.9 Å². The second-order valence-electron chi connectivity index (χ2n) is 11.8. The lowest BCUT2D eigenvalue weighted by molar-refractivity contribution is -0.143. The molecule has 1 aliphatic heterocycles. The van der Waals surface area contributed by atoms with E-state index in [-0.39, 0.29) is 47.9 Å². The highest BCUT2D eigenvalue weighted by Gasteiger charge is 2.52. The van der Waals surface area contributed by atoms with E-state index in [1.807, 2.05) is 25.3 Å². The van der Waals surface area contributed by atoms with Crippen LogP contribution in [0.2, 0.25) is 0 Å². The third-order valence-electron chi connectivity index (χ3n) is 8.47. The van der Waals surface area contributed by atoms with Gasteiger partial charge in [-0.1, -0.05) is 46.3 Å². The number of ether oxygens (including phenoxy) is 1. The van der Waals surface area contributed by atoms with E-state index >= 15 is 0 Å². The zero-order valence-electron chi connectivity index (χ0n) is 22.6. The molecule has 2 N–H and O–H groups in total. The molecule has 2 aliphatic rings. The predicted molar refractivity (Wildman–Crippen MR) is 144 cm³/mol. The van der Waals surface area contributed by atoms with Gasteiger partial charge in [-0.3, -0.25) is 9.59 Å². The summed E-state index contributed by atoms with van der Waals surface area (Å²) in [7, 11) is 0. The van der Waals surface area contributed by atoms with Crippen molar-refractivity contribution in [1.29, 1.82) is 0 Å². The average Bonchev–Trinajstić information content (AvgIpc) is 3.23. The number of aromatic nitrogens is 1. The first-order valence-corrected chi connectivity index (χ1v) is 14.0. The van der Waals surface area contributed by atoms with Crippen molar-refractivity contribution < 1.29 is 24.5 Å². The van der Waals surface area contributed by atoms with Gasteiger partial charge in [0.05, 0.1) is 35.0 Å². The molecule has 36 heavy (non-hydrogen) atoms. The van der Waals surface area contributed by atoms with E-state index < -0.39 is 23.5 Å². The molecule has 200 valence electrons. The Hall–Kier alpha value is -1.67. The monoisotopic (exact) mass is 517 g/mol. The fourth-order valence-corrected chi connectivity index (χ4v) is 6.10. The number of aliphatic hydroxyl groups is 2. The number of carbonyl (C=O) groups is 2. The van der Waals surface area contributed by atoms with Crippen LogP contribution in [-0.2, 0) is 14.3 Å². The summed E-state index contributed by atoms with van der Waals surface area (Å²) in [6.07, 6.45) is 5.36. The highest BCUT2D eigenvalue weighted by molar-refractivity contribution is 7.10. The molecular weight excluding hydrogens is 474 g/mol. The van der Waals surface area contributed by atoms with Crippen molar-refractivity contribution in [3.8, 4) is 0 Å². The summed E-state index contributed by atoms with van der Waals surface area (Å²) in [5.41, 5.74) is 0.536. The number of epoxide rings is 1. The first-order valence-electron chi connectivity index (χ1n) is 13.1. The van der Waals surface area contributed by atoms with E-state index in [1.54, 1.807) is 26.8 Å². The molecule has 2 heterocycles. The van der Waals surface area contributed by atoms with E-state index in [0.717, 1.165) is 42.0 Å². The Labute approximate surface area is 219 Å². The van der Waals surface area contributed by atoms with Crippen LogP contribution in [0.3, 0.4) is 0 Å². The number of rotatable bonds is 3. The van der Waals surface area contributed by atoms with Gasteiger partial charge in [0.25, 0.3) is 0 Å². The topological polar surface area (TPSA) is 100 Å². The van der Waals surface area contributed by atoms with Gasteiger partial charge in [0.15, 0.2) is 0 Å². The van der Waals surface area contributed by atoms with Crippen molar-refractivity contribution in [2.75, 3.05) is 0 Å². The molecular formula is C29H43NO5S. The number of aliphatic hydroxyl groups excluding tert-OH is 2. The third kappa shape index (κ3) is 6.60. The highest BCUT2D eigenvalue weighted by Crippen LogP contribution is 2.46. The smallest absolute Gasteiger partial charge is 0.146 e. The zero-order chi connectivity index (χ0) is 26.8. The summed E-state index contributed by atoms with van der Waals surface area (Å²) in [4.78, 5) is 31.0. The maximum absolute atomic E-state index is 13.3. The number of hydrogen-bond donors (Lipinski definition) is 2. The fourth-order valence-electron chi connectivity index (χ4n) is 5.48. The molecule has 0 amide bonds. The third-order valence-corrected chi connectivity index (χ3v) is 9.33. The Balaban J connectivity index is 1.86. The van der Waals surface area contributed by atoms with Gasteiger partial charge in [-0.25, -0.2) is 4.98 Å². The first kappa shape index (κ1) is 28.9. The van der Waals surface area contributed by atoms with Gasteiger partial charge in [0.1, 0.15) is 16.6 Å². The second-order valence-corrected chi connectivity index (χ2v) is 12.6. The molecule has 4 unspecified atom stereocenters. The minimum atomic E-state index is -1.13. The molecule has 2 fully saturated rings. The Morgan fingerprint density at radius 1 is 1.22 bits per heavy atom. The van der Waals surface area contributed by atoms with Gasteiger partial charge in [0.2, 0.25) is 0 Å². The lowest BCUT2D eigenvalue weighted by Crippen LogP contribution is -2.45. The van der Waals surface area contributed by atoms with Crippen molar-refractivity contribution in [3.05, 3.63) is 28.2 Å². The van der Waals surface area contributed by atoms with Gasteiger partial charge in [0, 0.05) is 24.1 Å². The molecule has 1 saturated carbocycles. The molecule has 7 heteroatoms. The Bertz CT molecular complexity index is 998. The fraction of sp³-hybridized carbons (Fsp3) is 0.690. The van der Waals surface area contributed by atoms with Crippen LogP contribution in [-0.4, -0.2) is 50.7 Å². The van der Waals surface area contributed by atoms with Crippen molar-refractivity contribution >= 4 is 35.1 Å². The first-order chi connectivity index (χ1) is 16.8. The number of nitrogens with zero attached hydrogens (tertiary/aromatic N) is 1. The van der Waals surface area contributed by atoms with Gasteiger partial charge in [-0.05, 0) is 57.1 Å². The summed E-state index contributed by atoms with van der Waals surface area (Å²) in [5.74, 6) is -1.01. The summed E-state index contributed by atoms with van der Waals surface area (Å²) >= 11 is 1.53. The van der Waals surface area contributed by atoms with Crippen LogP contribution in [0.1, 0.15) is 90.8 Å². The molecule has 6 nitrogen and oxygen atoms in total. The highest BCUT2D eigenvalue weighted by atomic mass is 32.1. The molecule has 0 bridgehead atoms. The average molecular weight is 518 g/mol. The lowest BCUT2D eigenvalue weighted by Gasteiger charge is -2.34. The lowest BCUT2D eigenvalue weighted by atomic mass is 9.72. The van der Waals surface area contributed by atoms with E-state index in [2.05, 4.69) is 18.5 Å². The largest absolute Gasteiger partial charge is 0.392 e. The number of hydrogen-bond acceptors (Lipinski definition) is 7. The van der Waals surface area contributed by atoms with Crippen molar-refractivity contribution in [3.63, 3.8) is 0 Å². The zero-order valence-corrected chi connectivity index (χ0v) is 23.4. The van der Waals surface area contributed by atoms with Crippen LogP contribution in [0.5, 0.6) is 0 Å². The number of fused-ring (bicyclic) bond motifs is 1. The van der Waals surface area contributed by atoms with Crippen LogP contribution in [0.25, 0.3) is 12.2 Å². The van der Waals surface area contributed by atoms with Gasteiger partial charge >= 0.3 is 0 Å². The van der Waals surface area contributed by atoms with E-state index in [1.165, 1.54) is 11.3 Å². The Morgan fingerprint density at radius 2 is 1.92 bits per heavy atom. The number of thiazole rings is 1. The maximum Gasteiger partial charge on any atom is 0.146 e. The molecule has 1 aromatic rings. The molecule has 0 radical (unpaired) electrons. The molecule has 7 atom stereocenters. The standard InChI is InChI=1S/C29H43NO5S/c1-8-25-30-21(16-36-25)12-18(3)20-13-22(31)15-23(32)28(5,6)27(34)19(4)26(33)17(2)10-9-11-29(7)24(14-20)35-29/h8,12,16-17,19-20,23-24,26,32-33H,1,9-11,13-15H2,2-7H3/b18-12+/t17?,19?,20-,23?,24-,26-,29?/m0/s1. The van der Waals surface area contributed by atoms with Gasteiger partial charge in [-0.15, -0.1) is 11.3 Å². The van der Waals surface area contributed by atoms with Crippen LogP contribution in [0, 0.1) is 23.2 Å². The number of ketones is 2. The van der Waals surface area contributed by atoms with Crippen LogP contribution in [0.4, 0.5) is 0 Å². The molecule has 1 aliphatic carbocycles. The second kappa shape index (κ2) is 11.4. The minimum absolute atomic E-state index is 0.0446. The van der Waals surface area contributed by atoms with Crippen LogP contribution < -0.4 is 0 Å². The Morgan fingerprint density at radius 3 is 2.56 bits per heavy atom. The van der Waals surface area contributed by atoms with E-state index in [0.29, 0.717) is 0 Å².